The summed E-state index contributed by atoms with van der Waals surface area (Å²) in [7, 11) is -1.99. The van der Waals surface area contributed by atoms with Gasteiger partial charge in [-0.3, -0.25) is 5.43 Å². The Hall–Kier alpha value is -1.58. The summed E-state index contributed by atoms with van der Waals surface area (Å²) in [5.74, 6) is 1.25. The molecule has 0 aliphatic rings. The minimum atomic E-state index is -1.99. The number of thiazole rings is 1. The number of hydrogen-bond donors (Lipinski definition) is 3. The van der Waals surface area contributed by atoms with Gasteiger partial charge in [0.1, 0.15) is 17.3 Å². The number of anilines is 2. The molecule has 0 fully saturated rings. The lowest BCUT2D eigenvalue weighted by Crippen LogP contribution is -2.44. The van der Waals surface area contributed by atoms with Crippen LogP contribution < -0.4 is 15.6 Å². The van der Waals surface area contributed by atoms with Gasteiger partial charge >= 0.3 is 0 Å². The number of rotatable bonds is 5. The van der Waals surface area contributed by atoms with E-state index in [1.165, 1.54) is 17.6 Å². The molecular weight excluding hydrogens is 420 g/mol. The van der Waals surface area contributed by atoms with E-state index in [1.54, 1.807) is 17.5 Å². The third-order valence-corrected chi connectivity index (χ3v) is 10.1. The Balaban J connectivity index is 2.24. The molecule has 0 radical (unpaired) electrons. The number of hydrazone groups is 1. The van der Waals surface area contributed by atoms with Crippen LogP contribution in [0.2, 0.25) is 18.1 Å². The molecule has 0 aliphatic carbocycles. The van der Waals surface area contributed by atoms with Crippen molar-refractivity contribution in [2.24, 2.45) is 5.10 Å². The average Bonchev–Trinajstić information content (AvgIpc) is 2.90. The zero-order valence-electron chi connectivity index (χ0n) is 14.9. The van der Waals surface area contributed by atoms with E-state index in [0.717, 1.165) is 0 Å². The second-order valence-electron chi connectivity index (χ2n) is 7.12. The van der Waals surface area contributed by atoms with Crippen LogP contribution in [0.3, 0.4) is 0 Å². The molecule has 0 aliphatic heterocycles. The first kappa shape index (κ1) is 19.7. The number of phenols is 1. The van der Waals surface area contributed by atoms with Crippen LogP contribution >= 0.6 is 27.3 Å². The van der Waals surface area contributed by atoms with Crippen LogP contribution in [0, 0.1) is 0 Å². The summed E-state index contributed by atoms with van der Waals surface area (Å²) in [5, 5.41) is 16.6. The van der Waals surface area contributed by atoms with Crippen molar-refractivity contribution in [2.45, 2.75) is 38.9 Å². The Morgan fingerprint density at radius 2 is 2.08 bits per heavy atom. The van der Waals surface area contributed by atoms with Crippen molar-refractivity contribution in [2.75, 3.05) is 11.2 Å². The third kappa shape index (κ3) is 4.74. The molecule has 2 rings (SSSR count). The van der Waals surface area contributed by atoms with Crippen LogP contribution in [-0.4, -0.2) is 24.6 Å². The molecule has 0 unspecified atom stereocenters. The number of benzene rings is 1. The van der Waals surface area contributed by atoms with E-state index in [-0.39, 0.29) is 10.8 Å². The van der Waals surface area contributed by atoms with E-state index in [1.807, 2.05) is 0 Å². The van der Waals surface area contributed by atoms with Crippen LogP contribution in [0.5, 0.6) is 11.5 Å². The summed E-state index contributed by atoms with van der Waals surface area (Å²) in [5.41, 5.74) is 8.90. The summed E-state index contributed by atoms with van der Waals surface area (Å²) in [6.07, 6.45) is 1.52. The van der Waals surface area contributed by atoms with Crippen molar-refractivity contribution in [1.82, 2.24) is 4.98 Å². The average molecular weight is 443 g/mol. The first-order valence-corrected chi connectivity index (χ1v) is 12.3. The van der Waals surface area contributed by atoms with E-state index in [4.69, 9.17) is 10.2 Å². The Labute approximate surface area is 161 Å². The van der Waals surface area contributed by atoms with Gasteiger partial charge in [-0.1, -0.05) is 20.8 Å². The van der Waals surface area contributed by atoms with Gasteiger partial charge in [-0.25, -0.2) is 4.98 Å². The number of nitrogens with zero attached hydrogens (tertiary/aromatic N) is 2. The number of aromatic hydroxyl groups is 1. The number of aromatic nitrogens is 1. The molecule has 25 heavy (non-hydrogen) atoms. The van der Waals surface area contributed by atoms with Gasteiger partial charge in [0.25, 0.3) is 8.32 Å². The second kappa shape index (κ2) is 7.34. The van der Waals surface area contributed by atoms with Crippen molar-refractivity contribution >= 4 is 52.7 Å². The molecule has 0 saturated carbocycles. The standard InChI is InChI=1S/C16H23BrN4O2SSi/c1-16(2,3)25(4,5)23-12-7-6-11(22)10(14(12)17)8-19-21-15-20-13(18)9-24-15/h6-9,22H,18H2,1-5H3,(H,20,21). The van der Waals surface area contributed by atoms with Crippen LogP contribution in [-0.2, 0) is 0 Å². The van der Waals surface area contributed by atoms with Gasteiger partial charge in [0, 0.05) is 5.38 Å². The van der Waals surface area contributed by atoms with Crippen LogP contribution in [0.4, 0.5) is 10.9 Å². The molecule has 4 N–H and O–H groups in total. The number of halogens is 1. The highest BCUT2D eigenvalue weighted by Gasteiger charge is 2.39. The number of nitrogens with two attached hydrogens (primary N) is 1. The summed E-state index contributed by atoms with van der Waals surface area (Å²) < 4.78 is 7.00. The van der Waals surface area contributed by atoms with Crippen molar-refractivity contribution in [1.29, 1.82) is 0 Å². The number of nitrogen functional groups attached to an aromatic ring is 1. The molecular formula is C16H23BrN4O2SSi. The number of nitrogens with one attached hydrogen (secondary N) is 1. The fourth-order valence-electron chi connectivity index (χ4n) is 1.68. The maximum atomic E-state index is 10.1. The summed E-state index contributed by atoms with van der Waals surface area (Å²) in [6, 6.07) is 3.38. The number of phenolic OH excluding ortho intramolecular Hbond substituents is 1. The van der Waals surface area contributed by atoms with Gasteiger partial charge in [0.15, 0.2) is 0 Å². The highest BCUT2D eigenvalue weighted by Crippen LogP contribution is 2.41. The van der Waals surface area contributed by atoms with Gasteiger partial charge in [-0.05, 0) is 46.2 Å². The fraction of sp³-hybridized carbons (Fsp3) is 0.375. The Bertz CT molecular complexity index is 787. The Kier molecular flexibility index (Phi) is 5.80. The zero-order chi connectivity index (χ0) is 18.8. The molecule has 1 aromatic carbocycles. The summed E-state index contributed by atoms with van der Waals surface area (Å²) >= 11 is 4.88. The lowest BCUT2D eigenvalue weighted by atomic mass is 10.2. The van der Waals surface area contributed by atoms with Crippen molar-refractivity contribution in [3.8, 4) is 11.5 Å². The lowest BCUT2D eigenvalue weighted by molar-refractivity contribution is 0.466. The molecule has 0 saturated heterocycles. The molecule has 136 valence electrons. The molecule has 2 aromatic rings. The second-order valence-corrected chi connectivity index (χ2v) is 13.5. The fourth-order valence-corrected chi connectivity index (χ4v) is 3.92. The summed E-state index contributed by atoms with van der Waals surface area (Å²) in [6.45, 7) is 10.9. The van der Waals surface area contributed by atoms with Crippen molar-refractivity contribution in [3.63, 3.8) is 0 Å². The Morgan fingerprint density at radius 1 is 1.40 bits per heavy atom. The van der Waals surface area contributed by atoms with Crippen LogP contribution in [0.15, 0.2) is 27.1 Å². The maximum Gasteiger partial charge on any atom is 0.250 e. The highest BCUT2D eigenvalue weighted by atomic mass is 79.9. The normalized spacial score (nSPS) is 12.6. The molecule has 6 nitrogen and oxygen atoms in total. The maximum absolute atomic E-state index is 10.1. The predicted octanol–water partition coefficient (Wildman–Crippen LogP) is 5.02. The molecule has 0 bridgehead atoms. The minimum absolute atomic E-state index is 0.0743. The van der Waals surface area contributed by atoms with Gasteiger partial charge in [-0.15, -0.1) is 11.3 Å². The first-order valence-electron chi connectivity index (χ1n) is 7.72. The van der Waals surface area contributed by atoms with E-state index in [0.29, 0.717) is 26.7 Å². The highest BCUT2D eigenvalue weighted by molar-refractivity contribution is 9.10. The first-order chi connectivity index (χ1) is 11.5. The third-order valence-electron chi connectivity index (χ3n) is 4.17. The topological polar surface area (TPSA) is 92.8 Å². The molecule has 0 spiro atoms. The van der Waals surface area contributed by atoms with E-state index < -0.39 is 8.32 Å². The van der Waals surface area contributed by atoms with Gasteiger partial charge in [0.05, 0.1) is 16.3 Å². The van der Waals surface area contributed by atoms with Gasteiger partial charge < -0.3 is 15.3 Å². The zero-order valence-corrected chi connectivity index (χ0v) is 18.3. The van der Waals surface area contributed by atoms with E-state index in [2.05, 4.69) is 65.3 Å². The van der Waals surface area contributed by atoms with Gasteiger partial charge in [0.2, 0.25) is 5.13 Å². The quantitative estimate of drug-likeness (QED) is 0.343. The van der Waals surface area contributed by atoms with E-state index >= 15 is 0 Å². The summed E-state index contributed by atoms with van der Waals surface area (Å²) in [4.78, 5) is 4.06. The Morgan fingerprint density at radius 3 is 2.64 bits per heavy atom. The number of hydrogen-bond acceptors (Lipinski definition) is 7. The molecule has 1 aromatic heterocycles. The lowest BCUT2D eigenvalue weighted by Gasteiger charge is -2.36. The van der Waals surface area contributed by atoms with Crippen LogP contribution in [0.1, 0.15) is 26.3 Å². The predicted molar refractivity (Wildman–Crippen MR) is 111 cm³/mol. The van der Waals surface area contributed by atoms with Crippen molar-refractivity contribution < 1.29 is 9.53 Å². The smallest absolute Gasteiger partial charge is 0.250 e. The molecule has 9 heteroatoms. The van der Waals surface area contributed by atoms with E-state index in [9.17, 15) is 5.11 Å². The molecule has 0 atom stereocenters. The van der Waals surface area contributed by atoms with Crippen LogP contribution in [0.25, 0.3) is 0 Å². The molecule has 1 heterocycles. The molecule has 0 amide bonds. The minimum Gasteiger partial charge on any atom is -0.543 e. The largest absolute Gasteiger partial charge is 0.543 e. The SMILES string of the molecule is CC(C)(C)[Si](C)(C)Oc1ccc(O)c(C=NNc2nc(N)cs2)c1Br. The van der Waals surface area contributed by atoms with Gasteiger partial charge in [-0.2, -0.15) is 5.10 Å². The monoisotopic (exact) mass is 442 g/mol. The van der Waals surface area contributed by atoms with Crippen molar-refractivity contribution in [3.05, 3.63) is 27.5 Å².